The molecule has 4 N–H and O–H groups in total. The summed E-state index contributed by atoms with van der Waals surface area (Å²) in [5, 5.41) is 11.4. The van der Waals surface area contributed by atoms with Crippen molar-refractivity contribution in [2.24, 2.45) is 11.7 Å². The minimum absolute atomic E-state index is 0.0256. The Balaban J connectivity index is 2.78. The van der Waals surface area contributed by atoms with Gasteiger partial charge in [0.05, 0.1) is 11.6 Å². The number of rotatable bonds is 4. The summed E-state index contributed by atoms with van der Waals surface area (Å²) in [6.45, 7) is 3.69. The third kappa shape index (κ3) is 3.57. The second-order valence-electron chi connectivity index (χ2n) is 4.15. The number of nitrogens with one attached hydrogen (secondary N) is 1. The van der Waals surface area contributed by atoms with Crippen molar-refractivity contribution in [2.45, 2.75) is 19.9 Å². The van der Waals surface area contributed by atoms with Crippen molar-refractivity contribution in [1.82, 2.24) is 0 Å². The van der Waals surface area contributed by atoms with Crippen molar-refractivity contribution >= 4 is 17.6 Å². The summed E-state index contributed by atoms with van der Waals surface area (Å²) in [6.07, 6.45) is 0. The Labute approximate surface area is 99.6 Å². The van der Waals surface area contributed by atoms with Crippen LogP contribution in [-0.4, -0.2) is 23.0 Å². The van der Waals surface area contributed by atoms with Crippen LogP contribution in [0.3, 0.4) is 0 Å². The number of carbonyl (C=O) groups is 2. The molecule has 92 valence electrons. The van der Waals surface area contributed by atoms with Crippen LogP contribution >= 0.6 is 0 Å². The maximum atomic E-state index is 11.7. The summed E-state index contributed by atoms with van der Waals surface area (Å²) >= 11 is 0. The molecule has 0 aromatic heterocycles. The molecular formula is C12H16N2O3. The SMILES string of the molecule is CC(C)C(N)C(=O)Nc1cccc(C(=O)O)c1. The normalized spacial score (nSPS) is 12.2. The van der Waals surface area contributed by atoms with Gasteiger partial charge in [-0.3, -0.25) is 4.79 Å². The Morgan fingerprint density at radius 2 is 2.00 bits per heavy atom. The van der Waals surface area contributed by atoms with Gasteiger partial charge in [0.15, 0.2) is 0 Å². The summed E-state index contributed by atoms with van der Waals surface area (Å²) in [6, 6.07) is 5.44. The molecule has 1 aromatic rings. The monoisotopic (exact) mass is 236 g/mol. The van der Waals surface area contributed by atoms with Gasteiger partial charge in [0.1, 0.15) is 0 Å². The van der Waals surface area contributed by atoms with Crippen LogP contribution in [-0.2, 0) is 4.79 Å². The summed E-state index contributed by atoms with van der Waals surface area (Å²) in [5.74, 6) is -1.32. The molecule has 0 aliphatic heterocycles. The molecule has 1 amide bonds. The Morgan fingerprint density at radius 1 is 1.35 bits per heavy atom. The quantitative estimate of drug-likeness (QED) is 0.734. The fourth-order valence-electron chi connectivity index (χ4n) is 1.26. The van der Waals surface area contributed by atoms with Crippen LogP contribution in [0.15, 0.2) is 24.3 Å². The molecule has 1 unspecified atom stereocenters. The van der Waals surface area contributed by atoms with E-state index in [1.807, 2.05) is 13.8 Å². The maximum absolute atomic E-state index is 11.7. The van der Waals surface area contributed by atoms with Gasteiger partial charge in [-0.15, -0.1) is 0 Å². The van der Waals surface area contributed by atoms with Gasteiger partial charge in [-0.2, -0.15) is 0 Å². The Hall–Kier alpha value is -1.88. The predicted octanol–water partition coefficient (Wildman–Crippen LogP) is 1.31. The second-order valence-corrected chi connectivity index (χ2v) is 4.15. The van der Waals surface area contributed by atoms with Crippen molar-refractivity contribution in [3.8, 4) is 0 Å². The second kappa shape index (κ2) is 5.45. The Morgan fingerprint density at radius 3 is 2.53 bits per heavy atom. The topological polar surface area (TPSA) is 92.4 Å². The van der Waals surface area contributed by atoms with Crippen LogP contribution in [0.5, 0.6) is 0 Å². The molecule has 0 saturated heterocycles. The van der Waals surface area contributed by atoms with Crippen molar-refractivity contribution in [3.05, 3.63) is 29.8 Å². The summed E-state index contributed by atoms with van der Waals surface area (Å²) < 4.78 is 0. The van der Waals surface area contributed by atoms with Crippen molar-refractivity contribution in [3.63, 3.8) is 0 Å². The van der Waals surface area contributed by atoms with E-state index in [4.69, 9.17) is 10.8 Å². The molecule has 0 spiro atoms. The van der Waals surface area contributed by atoms with Gasteiger partial charge in [0.2, 0.25) is 5.91 Å². The van der Waals surface area contributed by atoms with Gasteiger partial charge in [0, 0.05) is 5.69 Å². The first-order chi connectivity index (χ1) is 7.91. The molecule has 0 aliphatic carbocycles. The van der Waals surface area contributed by atoms with Gasteiger partial charge >= 0.3 is 5.97 Å². The predicted molar refractivity (Wildman–Crippen MR) is 64.8 cm³/mol. The molecular weight excluding hydrogens is 220 g/mol. The highest BCUT2D eigenvalue weighted by Crippen LogP contribution is 2.11. The molecule has 1 aromatic carbocycles. The number of aromatic carboxylic acids is 1. The number of hydrogen-bond donors (Lipinski definition) is 3. The first-order valence-electron chi connectivity index (χ1n) is 5.31. The molecule has 0 radical (unpaired) electrons. The zero-order valence-electron chi connectivity index (χ0n) is 9.81. The van der Waals surface area contributed by atoms with E-state index in [-0.39, 0.29) is 17.4 Å². The standard InChI is InChI=1S/C12H16N2O3/c1-7(2)10(13)11(15)14-9-5-3-4-8(6-9)12(16)17/h3-7,10H,13H2,1-2H3,(H,14,15)(H,16,17). The van der Waals surface area contributed by atoms with Gasteiger partial charge in [0.25, 0.3) is 0 Å². The first kappa shape index (κ1) is 13.2. The van der Waals surface area contributed by atoms with Crippen LogP contribution in [0.2, 0.25) is 0 Å². The minimum Gasteiger partial charge on any atom is -0.478 e. The fourth-order valence-corrected chi connectivity index (χ4v) is 1.26. The van der Waals surface area contributed by atoms with E-state index in [9.17, 15) is 9.59 Å². The number of carboxylic acid groups (broad SMARTS) is 1. The number of anilines is 1. The summed E-state index contributed by atoms with van der Waals surface area (Å²) in [5.41, 5.74) is 6.24. The van der Waals surface area contributed by atoms with E-state index < -0.39 is 12.0 Å². The average Bonchev–Trinajstić information content (AvgIpc) is 2.28. The number of carbonyl (C=O) groups excluding carboxylic acids is 1. The van der Waals surface area contributed by atoms with Crippen molar-refractivity contribution < 1.29 is 14.7 Å². The summed E-state index contributed by atoms with van der Waals surface area (Å²) in [4.78, 5) is 22.4. The van der Waals surface area contributed by atoms with E-state index in [0.717, 1.165) is 0 Å². The molecule has 0 heterocycles. The largest absolute Gasteiger partial charge is 0.478 e. The highest BCUT2D eigenvalue weighted by molar-refractivity contribution is 5.96. The van der Waals surface area contributed by atoms with Crippen LogP contribution in [0.25, 0.3) is 0 Å². The maximum Gasteiger partial charge on any atom is 0.335 e. The Kier molecular flexibility index (Phi) is 4.23. The van der Waals surface area contributed by atoms with E-state index in [1.54, 1.807) is 12.1 Å². The van der Waals surface area contributed by atoms with Gasteiger partial charge < -0.3 is 16.2 Å². The first-order valence-corrected chi connectivity index (χ1v) is 5.31. The number of nitrogens with two attached hydrogens (primary N) is 1. The number of benzene rings is 1. The number of carboxylic acids is 1. The molecule has 1 atom stereocenters. The van der Waals surface area contributed by atoms with Gasteiger partial charge in [-0.05, 0) is 24.1 Å². The van der Waals surface area contributed by atoms with Gasteiger partial charge in [-0.1, -0.05) is 19.9 Å². The van der Waals surface area contributed by atoms with Crippen LogP contribution in [0.4, 0.5) is 5.69 Å². The average molecular weight is 236 g/mol. The molecule has 5 nitrogen and oxygen atoms in total. The molecule has 17 heavy (non-hydrogen) atoms. The minimum atomic E-state index is -1.03. The fraction of sp³-hybridized carbons (Fsp3) is 0.333. The number of hydrogen-bond acceptors (Lipinski definition) is 3. The lowest BCUT2D eigenvalue weighted by Crippen LogP contribution is -2.39. The zero-order chi connectivity index (χ0) is 13.0. The van der Waals surface area contributed by atoms with Crippen LogP contribution in [0, 0.1) is 5.92 Å². The molecule has 0 saturated carbocycles. The van der Waals surface area contributed by atoms with E-state index in [2.05, 4.69) is 5.32 Å². The lowest BCUT2D eigenvalue weighted by molar-refractivity contribution is -0.118. The van der Waals surface area contributed by atoms with Crippen molar-refractivity contribution in [1.29, 1.82) is 0 Å². The molecule has 0 fully saturated rings. The van der Waals surface area contributed by atoms with E-state index in [1.165, 1.54) is 12.1 Å². The molecule has 0 aliphatic rings. The third-order valence-electron chi connectivity index (χ3n) is 2.40. The number of amides is 1. The molecule has 0 bridgehead atoms. The highest BCUT2D eigenvalue weighted by atomic mass is 16.4. The summed E-state index contributed by atoms with van der Waals surface area (Å²) in [7, 11) is 0. The molecule has 5 heteroatoms. The van der Waals surface area contributed by atoms with Gasteiger partial charge in [-0.25, -0.2) is 4.79 Å². The smallest absolute Gasteiger partial charge is 0.335 e. The molecule has 1 rings (SSSR count). The Bertz CT molecular complexity index is 430. The lowest BCUT2D eigenvalue weighted by Gasteiger charge is -2.15. The highest BCUT2D eigenvalue weighted by Gasteiger charge is 2.17. The van der Waals surface area contributed by atoms with E-state index in [0.29, 0.717) is 5.69 Å². The van der Waals surface area contributed by atoms with Crippen LogP contribution < -0.4 is 11.1 Å². The lowest BCUT2D eigenvalue weighted by atomic mass is 10.0. The zero-order valence-corrected chi connectivity index (χ0v) is 9.81. The van der Waals surface area contributed by atoms with E-state index >= 15 is 0 Å². The third-order valence-corrected chi connectivity index (χ3v) is 2.40. The van der Waals surface area contributed by atoms with Crippen LogP contribution in [0.1, 0.15) is 24.2 Å². The van der Waals surface area contributed by atoms with Crippen molar-refractivity contribution in [2.75, 3.05) is 5.32 Å².